The van der Waals surface area contributed by atoms with Crippen molar-refractivity contribution in [2.75, 3.05) is 26.3 Å². The molecule has 0 saturated carbocycles. The van der Waals surface area contributed by atoms with Gasteiger partial charge in [0.15, 0.2) is 12.1 Å². The zero-order valence-electron chi connectivity index (χ0n) is 13.8. The molecule has 5 nitrogen and oxygen atoms in total. The normalized spacial score (nSPS) is 22.9. The lowest BCUT2D eigenvalue weighted by Crippen LogP contribution is -2.60. The Morgan fingerprint density at radius 1 is 1.22 bits per heavy atom. The first-order valence-electron chi connectivity index (χ1n) is 8.48. The number of carbonyl (C=O) groups excluding carboxylic acids is 1. The number of carbonyl (C=O) groups is 1. The maximum Gasteiger partial charge on any atom is 0.178 e. The Morgan fingerprint density at radius 2 is 1.87 bits per heavy atom. The number of ketones is 1. The summed E-state index contributed by atoms with van der Waals surface area (Å²) in [5, 5.41) is 3.35. The van der Waals surface area contributed by atoms with E-state index in [1.54, 1.807) is 0 Å². The molecule has 5 heteroatoms. The highest BCUT2D eigenvalue weighted by molar-refractivity contribution is 6.02. The van der Waals surface area contributed by atoms with Crippen molar-refractivity contribution >= 4 is 5.78 Å². The molecule has 23 heavy (non-hydrogen) atoms. The summed E-state index contributed by atoms with van der Waals surface area (Å²) in [4.78, 5) is 13.2. The number of Topliss-reactive ketones (excluding diaryl/α,β-unsaturated/α-hetero) is 1. The molecule has 0 radical (unpaired) electrons. The van der Waals surface area contributed by atoms with Crippen LogP contribution in [0.5, 0.6) is 5.75 Å². The van der Waals surface area contributed by atoms with Gasteiger partial charge in [-0.1, -0.05) is 12.1 Å². The molecule has 2 heterocycles. The Kier molecular flexibility index (Phi) is 4.99. The molecule has 1 N–H and O–H groups in total. The van der Waals surface area contributed by atoms with E-state index in [0.29, 0.717) is 24.5 Å². The predicted molar refractivity (Wildman–Crippen MR) is 86.8 cm³/mol. The number of rotatable bonds is 5. The fourth-order valence-corrected chi connectivity index (χ4v) is 3.65. The van der Waals surface area contributed by atoms with Crippen LogP contribution in [-0.2, 0) is 9.47 Å². The van der Waals surface area contributed by atoms with E-state index < -0.39 is 17.8 Å². The van der Waals surface area contributed by atoms with E-state index in [1.807, 2.05) is 38.1 Å². The first-order valence-corrected chi connectivity index (χ1v) is 8.48. The van der Waals surface area contributed by atoms with Crippen LogP contribution in [0.3, 0.4) is 0 Å². The van der Waals surface area contributed by atoms with Gasteiger partial charge in [-0.05, 0) is 39.1 Å². The largest absolute Gasteiger partial charge is 0.485 e. The van der Waals surface area contributed by atoms with Crippen molar-refractivity contribution in [1.82, 2.24) is 5.32 Å². The second kappa shape index (κ2) is 6.99. The van der Waals surface area contributed by atoms with Gasteiger partial charge in [-0.25, -0.2) is 0 Å². The molecule has 1 spiro atoms. The summed E-state index contributed by atoms with van der Waals surface area (Å²) >= 11 is 0. The zero-order chi connectivity index (χ0) is 16.3. The van der Waals surface area contributed by atoms with Gasteiger partial charge >= 0.3 is 0 Å². The van der Waals surface area contributed by atoms with Gasteiger partial charge in [-0.3, -0.25) is 4.79 Å². The average molecular weight is 319 g/mol. The van der Waals surface area contributed by atoms with Gasteiger partial charge < -0.3 is 19.5 Å². The second-order valence-corrected chi connectivity index (χ2v) is 6.03. The molecule has 1 atom stereocenters. The molecule has 126 valence electrons. The molecule has 0 amide bonds. The Labute approximate surface area is 137 Å². The predicted octanol–water partition coefficient (Wildman–Crippen LogP) is 2.40. The number of hydrogen-bond donors (Lipinski definition) is 1. The third kappa shape index (κ3) is 3.01. The van der Waals surface area contributed by atoms with Crippen molar-refractivity contribution in [2.24, 2.45) is 5.92 Å². The number of ether oxygens (including phenoxy) is 3. The molecule has 0 aliphatic carbocycles. The minimum atomic E-state index is -0.566. The topological polar surface area (TPSA) is 56.8 Å². The minimum Gasteiger partial charge on any atom is -0.485 e. The quantitative estimate of drug-likeness (QED) is 0.845. The van der Waals surface area contributed by atoms with Crippen molar-refractivity contribution in [1.29, 1.82) is 0 Å². The van der Waals surface area contributed by atoms with Gasteiger partial charge in [-0.15, -0.1) is 0 Å². The summed E-state index contributed by atoms with van der Waals surface area (Å²) < 4.78 is 18.0. The van der Waals surface area contributed by atoms with E-state index in [9.17, 15) is 4.79 Å². The monoisotopic (exact) mass is 319 g/mol. The molecule has 1 aromatic carbocycles. The van der Waals surface area contributed by atoms with Crippen molar-refractivity contribution in [3.63, 3.8) is 0 Å². The molecule has 2 aliphatic heterocycles. The fourth-order valence-electron chi connectivity index (χ4n) is 3.65. The zero-order valence-corrected chi connectivity index (χ0v) is 13.8. The second-order valence-electron chi connectivity index (χ2n) is 6.03. The summed E-state index contributed by atoms with van der Waals surface area (Å²) in [6, 6.07) is 7.48. The third-order valence-corrected chi connectivity index (χ3v) is 4.70. The van der Waals surface area contributed by atoms with Crippen LogP contribution < -0.4 is 10.1 Å². The van der Waals surface area contributed by atoms with Gasteiger partial charge in [0, 0.05) is 26.1 Å². The highest BCUT2D eigenvalue weighted by atomic mass is 16.7. The van der Waals surface area contributed by atoms with Crippen LogP contribution in [0.15, 0.2) is 24.3 Å². The fraction of sp³-hybridized carbons (Fsp3) is 0.611. The molecule has 1 saturated heterocycles. The molecule has 2 aliphatic rings. The maximum absolute atomic E-state index is 13.2. The summed E-state index contributed by atoms with van der Waals surface area (Å²) in [6.45, 7) is 6.51. The molecule has 1 fully saturated rings. The number of nitrogens with one attached hydrogen (secondary N) is 1. The molecule has 0 aromatic heterocycles. The standard InChI is InChI=1S/C18H25NO4/c1-3-21-17(22-4-2)15-16(20)13-7-5-6-8-14(13)23-18(15)9-11-19-12-10-18/h5-8,15,17,19H,3-4,9-12H2,1-2H3. The smallest absolute Gasteiger partial charge is 0.178 e. The Morgan fingerprint density at radius 3 is 2.52 bits per heavy atom. The van der Waals surface area contributed by atoms with Crippen molar-refractivity contribution in [3.05, 3.63) is 29.8 Å². The van der Waals surface area contributed by atoms with Crippen LogP contribution in [0.2, 0.25) is 0 Å². The SMILES string of the molecule is CCOC(OCC)C1C(=O)c2ccccc2OC12CCNCC2. The van der Waals surface area contributed by atoms with Gasteiger partial charge in [-0.2, -0.15) is 0 Å². The van der Waals surface area contributed by atoms with Crippen LogP contribution in [0.4, 0.5) is 0 Å². The van der Waals surface area contributed by atoms with E-state index in [2.05, 4.69) is 5.32 Å². The number of para-hydroxylation sites is 1. The van der Waals surface area contributed by atoms with Crippen molar-refractivity contribution < 1.29 is 19.0 Å². The lowest BCUT2D eigenvalue weighted by molar-refractivity contribution is -0.196. The third-order valence-electron chi connectivity index (χ3n) is 4.70. The molecular formula is C18H25NO4. The van der Waals surface area contributed by atoms with Gasteiger partial charge in [0.1, 0.15) is 17.3 Å². The molecule has 0 bridgehead atoms. The van der Waals surface area contributed by atoms with Crippen molar-refractivity contribution in [3.8, 4) is 5.75 Å². The van der Waals surface area contributed by atoms with Gasteiger partial charge in [0.2, 0.25) is 0 Å². The number of piperidine rings is 1. The van der Waals surface area contributed by atoms with E-state index >= 15 is 0 Å². The Hall–Kier alpha value is -1.43. The van der Waals surface area contributed by atoms with E-state index in [-0.39, 0.29) is 5.78 Å². The van der Waals surface area contributed by atoms with Crippen LogP contribution in [-0.4, -0.2) is 44.0 Å². The first-order chi connectivity index (χ1) is 11.2. The van der Waals surface area contributed by atoms with Crippen LogP contribution in [0.25, 0.3) is 0 Å². The molecular weight excluding hydrogens is 294 g/mol. The summed E-state index contributed by atoms with van der Waals surface area (Å²) in [5.41, 5.74) is 0.0807. The van der Waals surface area contributed by atoms with Crippen LogP contribution in [0, 0.1) is 5.92 Å². The lowest BCUT2D eigenvalue weighted by atomic mass is 9.73. The maximum atomic E-state index is 13.2. The molecule has 1 aromatic rings. The van der Waals surface area contributed by atoms with Gasteiger partial charge in [0.05, 0.1) is 5.56 Å². The molecule has 3 rings (SSSR count). The summed E-state index contributed by atoms with van der Waals surface area (Å²) in [7, 11) is 0. The summed E-state index contributed by atoms with van der Waals surface area (Å²) in [6.07, 6.45) is 0.979. The van der Waals surface area contributed by atoms with E-state index in [0.717, 1.165) is 25.9 Å². The minimum absolute atomic E-state index is 0.0700. The van der Waals surface area contributed by atoms with Crippen LogP contribution >= 0.6 is 0 Å². The molecule has 1 unspecified atom stereocenters. The Balaban J connectivity index is 2.02. The summed E-state index contributed by atoms with van der Waals surface area (Å²) in [5.74, 6) is 0.322. The van der Waals surface area contributed by atoms with Gasteiger partial charge in [0.25, 0.3) is 0 Å². The highest BCUT2D eigenvalue weighted by Gasteiger charge is 2.54. The number of fused-ring (bicyclic) bond motifs is 1. The van der Waals surface area contributed by atoms with E-state index in [4.69, 9.17) is 14.2 Å². The number of hydrogen-bond acceptors (Lipinski definition) is 5. The lowest BCUT2D eigenvalue weighted by Gasteiger charge is -2.48. The van der Waals surface area contributed by atoms with Crippen LogP contribution in [0.1, 0.15) is 37.0 Å². The highest BCUT2D eigenvalue weighted by Crippen LogP contribution is 2.44. The average Bonchev–Trinajstić information content (AvgIpc) is 2.56. The van der Waals surface area contributed by atoms with Crippen molar-refractivity contribution in [2.45, 2.75) is 38.6 Å². The Bertz CT molecular complexity index is 548. The number of benzene rings is 1. The first kappa shape index (κ1) is 16.4. The van der Waals surface area contributed by atoms with E-state index in [1.165, 1.54) is 0 Å².